The van der Waals surface area contributed by atoms with Gasteiger partial charge in [0, 0.05) is 6.07 Å². The first-order chi connectivity index (χ1) is 9.99. The molecule has 0 fully saturated rings. The van der Waals surface area contributed by atoms with Crippen molar-refractivity contribution >= 4 is 29.0 Å². The van der Waals surface area contributed by atoms with Crippen molar-refractivity contribution < 1.29 is 13.6 Å². The van der Waals surface area contributed by atoms with Crippen LogP contribution in [-0.4, -0.2) is 6.03 Å². The molecule has 0 heterocycles. The molecular formula is C14H8ClF2N3O. The van der Waals surface area contributed by atoms with E-state index in [0.29, 0.717) is 11.6 Å². The minimum atomic E-state index is -0.901. The fraction of sp³-hybridized carbons (Fsp3) is 0. The van der Waals surface area contributed by atoms with Crippen molar-refractivity contribution in [2.45, 2.75) is 0 Å². The topological polar surface area (TPSA) is 64.9 Å². The van der Waals surface area contributed by atoms with Crippen molar-refractivity contribution in [1.82, 2.24) is 0 Å². The van der Waals surface area contributed by atoms with Crippen molar-refractivity contribution in [3.8, 4) is 6.07 Å². The maximum Gasteiger partial charge on any atom is 0.323 e. The number of hydrogen-bond donors (Lipinski definition) is 2. The summed E-state index contributed by atoms with van der Waals surface area (Å²) in [6.45, 7) is 0. The molecule has 0 aromatic heterocycles. The summed E-state index contributed by atoms with van der Waals surface area (Å²) in [6, 6.07) is 8.22. The maximum atomic E-state index is 13.4. The zero-order chi connectivity index (χ0) is 15.4. The molecule has 2 aromatic rings. The number of carbonyl (C=O) groups excluding carboxylic acids is 1. The van der Waals surface area contributed by atoms with E-state index >= 15 is 0 Å². The first kappa shape index (κ1) is 14.8. The molecule has 21 heavy (non-hydrogen) atoms. The Morgan fingerprint density at radius 2 is 1.81 bits per heavy atom. The molecule has 0 atom stereocenters. The van der Waals surface area contributed by atoms with Gasteiger partial charge in [-0.3, -0.25) is 0 Å². The lowest BCUT2D eigenvalue weighted by Crippen LogP contribution is -2.20. The second-order valence-corrected chi connectivity index (χ2v) is 4.42. The van der Waals surface area contributed by atoms with E-state index in [1.165, 1.54) is 18.2 Å². The van der Waals surface area contributed by atoms with Crippen LogP contribution in [0.2, 0.25) is 5.02 Å². The average molecular weight is 308 g/mol. The standard InChI is InChI=1S/C14H8ClF2N3O/c15-10-3-1-8(7-18)5-13(10)20-14(21)19-12-4-2-9(16)6-11(12)17/h1-6H,(H2,19,20,21). The Bertz CT molecular complexity index is 743. The van der Waals surface area contributed by atoms with Crippen molar-refractivity contribution in [2.24, 2.45) is 0 Å². The van der Waals surface area contributed by atoms with Crippen LogP contribution in [0.15, 0.2) is 36.4 Å². The molecule has 7 heteroatoms. The molecule has 0 aliphatic heterocycles. The summed E-state index contributed by atoms with van der Waals surface area (Å²) in [4.78, 5) is 11.7. The van der Waals surface area contributed by atoms with Crippen molar-refractivity contribution in [1.29, 1.82) is 5.26 Å². The third-order valence-electron chi connectivity index (χ3n) is 2.52. The number of nitrogens with one attached hydrogen (secondary N) is 2. The van der Waals surface area contributed by atoms with Crippen LogP contribution in [0.4, 0.5) is 25.0 Å². The minimum Gasteiger partial charge on any atom is -0.306 e. The molecule has 0 saturated heterocycles. The lowest BCUT2D eigenvalue weighted by molar-refractivity contribution is 0.262. The van der Waals surface area contributed by atoms with E-state index in [9.17, 15) is 13.6 Å². The normalized spacial score (nSPS) is 9.81. The molecule has 0 unspecified atom stereocenters. The first-order valence-electron chi connectivity index (χ1n) is 5.72. The molecular weight excluding hydrogens is 300 g/mol. The van der Waals surface area contributed by atoms with Gasteiger partial charge in [0.1, 0.15) is 11.6 Å². The SMILES string of the molecule is N#Cc1ccc(Cl)c(NC(=O)Nc2ccc(F)cc2F)c1. The third kappa shape index (κ3) is 3.68. The Labute approximate surface area is 124 Å². The highest BCUT2D eigenvalue weighted by atomic mass is 35.5. The number of amides is 2. The first-order valence-corrected chi connectivity index (χ1v) is 6.10. The quantitative estimate of drug-likeness (QED) is 0.876. The van der Waals surface area contributed by atoms with Gasteiger partial charge in [-0.25, -0.2) is 13.6 Å². The fourth-order valence-electron chi connectivity index (χ4n) is 1.56. The van der Waals surface area contributed by atoms with E-state index in [1.807, 2.05) is 6.07 Å². The van der Waals surface area contributed by atoms with Gasteiger partial charge in [-0.2, -0.15) is 5.26 Å². The minimum absolute atomic E-state index is 0.179. The molecule has 0 aliphatic carbocycles. The van der Waals surface area contributed by atoms with E-state index in [0.717, 1.165) is 12.1 Å². The van der Waals surface area contributed by atoms with Gasteiger partial charge in [0.25, 0.3) is 0 Å². The molecule has 0 bridgehead atoms. The number of anilines is 2. The largest absolute Gasteiger partial charge is 0.323 e. The molecule has 0 spiro atoms. The Kier molecular flexibility index (Phi) is 4.36. The van der Waals surface area contributed by atoms with Crippen molar-refractivity contribution in [2.75, 3.05) is 10.6 Å². The number of nitrogens with zero attached hydrogens (tertiary/aromatic N) is 1. The highest BCUT2D eigenvalue weighted by Gasteiger charge is 2.10. The Balaban J connectivity index is 2.13. The van der Waals surface area contributed by atoms with Crippen LogP contribution in [-0.2, 0) is 0 Å². The zero-order valence-corrected chi connectivity index (χ0v) is 11.2. The van der Waals surface area contributed by atoms with Gasteiger partial charge in [0.15, 0.2) is 0 Å². The molecule has 2 N–H and O–H groups in total. The van der Waals surface area contributed by atoms with Crippen LogP contribution in [0.25, 0.3) is 0 Å². The smallest absolute Gasteiger partial charge is 0.306 e. The summed E-state index contributed by atoms with van der Waals surface area (Å²) < 4.78 is 26.1. The average Bonchev–Trinajstić information content (AvgIpc) is 2.44. The Morgan fingerprint density at radius 1 is 1.10 bits per heavy atom. The van der Waals surface area contributed by atoms with Crippen molar-refractivity contribution in [3.05, 3.63) is 58.6 Å². The molecule has 2 rings (SSSR count). The number of carbonyl (C=O) groups is 1. The number of rotatable bonds is 2. The van der Waals surface area contributed by atoms with Gasteiger partial charge in [0.05, 0.1) is 28.0 Å². The van der Waals surface area contributed by atoms with E-state index in [4.69, 9.17) is 16.9 Å². The lowest BCUT2D eigenvalue weighted by Gasteiger charge is -2.10. The van der Waals surface area contributed by atoms with Gasteiger partial charge in [-0.05, 0) is 30.3 Å². The van der Waals surface area contributed by atoms with E-state index in [1.54, 1.807) is 0 Å². The highest BCUT2D eigenvalue weighted by molar-refractivity contribution is 6.33. The molecule has 2 aromatic carbocycles. The zero-order valence-electron chi connectivity index (χ0n) is 10.5. The Morgan fingerprint density at radius 3 is 2.48 bits per heavy atom. The number of benzene rings is 2. The van der Waals surface area contributed by atoms with Crippen molar-refractivity contribution in [3.63, 3.8) is 0 Å². The predicted octanol–water partition coefficient (Wildman–Crippen LogP) is 4.13. The van der Waals surface area contributed by atoms with Crippen LogP contribution in [0, 0.1) is 23.0 Å². The van der Waals surface area contributed by atoms with Crippen LogP contribution in [0.3, 0.4) is 0 Å². The monoisotopic (exact) mass is 307 g/mol. The van der Waals surface area contributed by atoms with Gasteiger partial charge < -0.3 is 10.6 Å². The van der Waals surface area contributed by atoms with Crippen LogP contribution >= 0.6 is 11.6 Å². The molecule has 0 aliphatic rings. The molecule has 2 amide bonds. The highest BCUT2D eigenvalue weighted by Crippen LogP contribution is 2.23. The summed E-state index contributed by atoms with van der Waals surface area (Å²) in [5.41, 5.74) is 0.333. The van der Waals surface area contributed by atoms with Gasteiger partial charge in [-0.1, -0.05) is 11.6 Å². The molecule has 106 valence electrons. The second kappa shape index (κ2) is 6.20. The van der Waals surface area contributed by atoms with Crippen LogP contribution < -0.4 is 10.6 Å². The number of nitriles is 1. The third-order valence-corrected chi connectivity index (χ3v) is 2.85. The molecule has 0 radical (unpaired) electrons. The van der Waals surface area contributed by atoms with E-state index in [2.05, 4.69) is 10.6 Å². The van der Waals surface area contributed by atoms with Crippen LogP contribution in [0.5, 0.6) is 0 Å². The molecule has 4 nitrogen and oxygen atoms in total. The van der Waals surface area contributed by atoms with Crippen LogP contribution in [0.1, 0.15) is 5.56 Å². The summed E-state index contributed by atoms with van der Waals surface area (Å²) in [5.74, 6) is -1.65. The predicted molar refractivity (Wildman–Crippen MR) is 75.2 cm³/mol. The van der Waals surface area contributed by atoms with E-state index < -0.39 is 17.7 Å². The Hall–Kier alpha value is -2.65. The number of hydrogen-bond acceptors (Lipinski definition) is 2. The summed E-state index contributed by atoms with van der Waals surface area (Å²) in [7, 11) is 0. The number of urea groups is 1. The second-order valence-electron chi connectivity index (χ2n) is 4.01. The van der Waals surface area contributed by atoms with E-state index in [-0.39, 0.29) is 16.4 Å². The maximum absolute atomic E-state index is 13.4. The summed E-state index contributed by atoms with van der Waals surface area (Å²) in [6.07, 6.45) is 0. The van der Waals surface area contributed by atoms with Gasteiger partial charge >= 0.3 is 6.03 Å². The van der Waals surface area contributed by atoms with Gasteiger partial charge in [0.2, 0.25) is 0 Å². The number of halogens is 3. The fourth-order valence-corrected chi connectivity index (χ4v) is 1.72. The van der Waals surface area contributed by atoms with Gasteiger partial charge in [-0.15, -0.1) is 0 Å². The lowest BCUT2D eigenvalue weighted by atomic mass is 10.2. The summed E-state index contributed by atoms with van der Waals surface area (Å²) >= 11 is 5.88. The molecule has 0 saturated carbocycles. The summed E-state index contributed by atoms with van der Waals surface area (Å²) in [5, 5.41) is 13.6.